The van der Waals surface area contributed by atoms with Crippen molar-refractivity contribution in [3.63, 3.8) is 0 Å². The molecular weight excluding hydrogens is 166 g/mol. The topological polar surface area (TPSA) is 43.6 Å². The van der Waals surface area contributed by atoms with Crippen LogP contribution in [0.25, 0.3) is 0 Å². The number of tetrazole rings is 1. The molecule has 0 saturated carbocycles. The molecule has 0 amide bonds. The molecule has 0 fully saturated rings. The summed E-state index contributed by atoms with van der Waals surface area (Å²) in [6.45, 7) is 2.79. The van der Waals surface area contributed by atoms with Crippen LogP contribution in [0.5, 0.6) is 0 Å². The lowest BCUT2D eigenvalue weighted by Crippen LogP contribution is -2.14. The number of halogens is 2. The standard InChI is InChI=1S/C6H10F2N4/c1-6(2,3)4-9-11-12(10-4)5(7)8/h5H,1-3H3. The fourth-order valence-corrected chi connectivity index (χ4v) is 0.608. The largest absolute Gasteiger partial charge is 0.350 e. The van der Waals surface area contributed by atoms with E-state index in [-0.39, 0.29) is 5.41 Å². The van der Waals surface area contributed by atoms with Gasteiger partial charge in [0, 0.05) is 5.41 Å². The van der Waals surface area contributed by atoms with Gasteiger partial charge < -0.3 is 0 Å². The van der Waals surface area contributed by atoms with Crippen LogP contribution in [0.1, 0.15) is 33.1 Å². The maximum Gasteiger partial charge on any atom is 0.350 e. The highest BCUT2D eigenvalue weighted by atomic mass is 19.3. The van der Waals surface area contributed by atoms with E-state index in [1.54, 1.807) is 0 Å². The molecule has 1 rings (SSSR count). The van der Waals surface area contributed by atoms with E-state index in [4.69, 9.17) is 0 Å². The first-order chi connectivity index (χ1) is 5.41. The summed E-state index contributed by atoms with van der Waals surface area (Å²) < 4.78 is 23.9. The molecule has 1 aromatic rings. The summed E-state index contributed by atoms with van der Waals surface area (Å²) in [6.07, 6.45) is 0. The second kappa shape index (κ2) is 2.76. The summed E-state index contributed by atoms with van der Waals surface area (Å²) in [4.78, 5) is 0.306. The van der Waals surface area contributed by atoms with Crippen LogP contribution >= 0.6 is 0 Å². The van der Waals surface area contributed by atoms with Crippen LogP contribution in [0.4, 0.5) is 8.78 Å². The Labute approximate surface area is 68.6 Å². The van der Waals surface area contributed by atoms with E-state index < -0.39 is 6.55 Å². The predicted molar refractivity (Wildman–Crippen MR) is 37.8 cm³/mol. The molecule has 0 aromatic carbocycles. The highest BCUT2D eigenvalue weighted by Gasteiger charge is 2.21. The zero-order valence-electron chi connectivity index (χ0n) is 7.12. The number of hydrogen-bond donors (Lipinski definition) is 0. The van der Waals surface area contributed by atoms with Crippen molar-refractivity contribution in [2.75, 3.05) is 0 Å². The molecule has 0 aliphatic carbocycles. The average molecular weight is 176 g/mol. The Morgan fingerprint density at radius 3 is 2.17 bits per heavy atom. The SMILES string of the molecule is CC(C)(C)c1nnn(C(F)F)n1. The Hall–Kier alpha value is -1.07. The van der Waals surface area contributed by atoms with Crippen molar-refractivity contribution < 1.29 is 8.78 Å². The summed E-state index contributed by atoms with van der Waals surface area (Å²) in [5.74, 6) is 0.322. The average Bonchev–Trinajstić information content (AvgIpc) is 2.30. The Bertz CT molecular complexity index is 263. The minimum absolute atomic E-state index is 0.306. The molecular formula is C6H10F2N4. The van der Waals surface area contributed by atoms with Gasteiger partial charge in [-0.25, -0.2) is 0 Å². The lowest BCUT2D eigenvalue weighted by atomic mass is 9.96. The first-order valence-corrected chi connectivity index (χ1v) is 3.49. The smallest absolute Gasteiger partial charge is 0.182 e. The molecule has 0 bridgehead atoms. The lowest BCUT2D eigenvalue weighted by Gasteiger charge is -2.10. The number of alkyl halides is 2. The van der Waals surface area contributed by atoms with Crippen LogP contribution in [0.15, 0.2) is 0 Å². The first-order valence-electron chi connectivity index (χ1n) is 3.49. The first kappa shape index (κ1) is 9.02. The molecule has 1 heterocycles. The number of aromatic nitrogens is 4. The van der Waals surface area contributed by atoms with Gasteiger partial charge in [0.1, 0.15) is 0 Å². The molecule has 1 aromatic heterocycles. The van der Waals surface area contributed by atoms with Gasteiger partial charge in [-0.3, -0.25) is 0 Å². The molecule has 0 atom stereocenters. The Morgan fingerprint density at radius 2 is 1.92 bits per heavy atom. The molecule has 12 heavy (non-hydrogen) atoms. The van der Waals surface area contributed by atoms with E-state index in [9.17, 15) is 8.78 Å². The highest BCUT2D eigenvalue weighted by molar-refractivity contribution is 4.95. The Balaban J connectivity index is 2.92. The van der Waals surface area contributed by atoms with Crippen LogP contribution in [0.2, 0.25) is 0 Å². The van der Waals surface area contributed by atoms with E-state index in [1.165, 1.54) is 0 Å². The van der Waals surface area contributed by atoms with Crippen molar-refractivity contribution in [1.82, 2.24) is 20.2 Å². The summed E-state index contributed by atoms with van der Waals surface area (Å²) in [7, 11) is 0. The Morgan fingerprint density at radius 1 is 1.33 bits per heavy atom. The molecule has 68 valence electrons. The zero-order valence-corrected chi connectivity index (χ0v) is 7.12. The van der Waals surface area contributed by atoms with Gasteiger partial charge in [0.25, 0.3) is 0 Å². The van der Waals surface area contributed by atoms with Gasteiger partial charge in [-0.05, 0) is 5.21 Å². The second-order valence-electron chi connectivity index (χ2n) is 3.46. The van der Waals surface area contributed by atoms with Gasteiger partial charge >= 0.3 is 6.55 Å². The fourth-order valence-electron chi connectivity index (χ4n) is 0.608. The van der Waals surface area contributed by atoms with Crippen molar-refractivity contribution in [2.24, 2.45) is 0 Å². The molecule has 6 heteroatoms. The molecule has 4 nitrogen and oxygen atoms in total. The molecule has 0 unspecified atom stereocenters. The van der Waals surface area contributed by atoms with Crippen molar-refractivity contribution in [2.45, 2.75) is 32.7 Å². The minimum Gasteiger partial charge on any atom is -0.182 e. The highest BCUT2D eigenvalue weighted by Crippen LogP contribution is 2.17. The summed E-state index contributed by atoms with van der Waals surface area (Å²) in [5.41, 5.74) is -0.340. The van der Waals surface area contributed by atoms with Crippen LogP contribution in [0, 0.1) is 0 Å². The van der Waals surface area contributed by atoms with Crippen LogP contribution < -0.4 is 0 Å². The minimum atomic E-state index is -2.71. The van der Waals surface area contributed by atoms with Crippen molar-refractivity contribution in [3.8, 4) is 0 Å². The van der Waals surface area contributed by atoms with Gasteiger partial charge in [-0.1, -0.05) is 25.6 Å². The van der Waals surface area contributed by atoms with Crippen molar-refractivity contribution in [1.29, 1.82) is 0 Å². The van der Waals surface area contributed by atoms with Crippen LogP contribution in [0.3, 0.4) is 0 Å². The maximum atomic E-state index is 12.0. The van der Waals surface area contributed by atoms with Crippen molar-refractivity contribution >= 4 is 0 Å². The van der Waals surface area contributed by atoms with Gasteiger partial charge in [0.05, 0.1) is 0 Å². The van der Waals surface area contributed by atoms with Gasteiger partial charge in [-0.15, -0.1) is 10.2 Å². The van der Waals surface area contributed by atoms with E-state index >= 15 is 0 Å². The fraction of sp³-hybridized carbons (Fsp3) is 0.833. The monoisotopic (exact) mass is 176 g/mol. The normalized spacial score (nSPS) is 12.5. The quantitative estimate of drug-likeness (QED) is 0.649. The van der Waals surface area contributed by atoms with Crippen LogP contribution in [-0.4, -0.2) is 20.2 Å². The number of hydrogen-bond acceptors (Lipinski definition) is 3. The van der Waals surface area contributed by atoms with E-state index in [1.807, 2.05) is 20.8 Å². The maximum absolute atomic E-state index is 12.0. The molecule has 0 spiro atoms. The van der Waals surface area contributed by atoms with Gasteiger partial charge in [0.15, 0.2) is 5.82 Å². The molecule has 0 aliphatic heterocycles. The zero-order chi connectivity index (χ0) is 9.35. The van der Waals surface area contributed by atoms with E-state index in [2.05, 4.69) is 15.4 Å². The summed E-state index contributed by atoms with van der Waals surface area (Å²) in [5, 5.41) is 10.2. The van der Waals surface area contributed by atoms with Gasteiger partial charge in [-0.2, -0.15) is 8.78 Å². The predicted octanol–water partition coefficient (Wildman–Crippen LogP) is 1.37. The molecule has 0 saturated heterocycles. The molecule has 0 aliphatic rings. The third kappa shape index (κ3) is 1.75. The summed E-state index contributed by atoms with van der Waals surface area (Å²) in [6, 6.07) is 0. The Kier molecular flexibility index (Phi) is 2.08. The van der Waals surface area contributed by atoms with Crippen molar-refractivity contribution in [3.05, 3.63) is 5.82 Å². The number of rotatable bonds is 1. The molecule has 0 radical (unpaired) electrons. The third-order valence-corrected chi connectivity index (χ3v) is 1.27. The third-order valence-electron chi connectivity index (χ3n) is 1.27. The van der Waals surface area contributed by atoms with Gasteiger partial charge in [0.2, 0.25) is 0 Å². The second-order valence-corrected chi connectivity index (χ2v) is 3.46. The van der Waals surface area contributed by atoms with Crippen LogP contribution in [-0.2, 0) is 5.41 Å². The number of nitrogens with zero attached hydrogens (tertiary/aromatic N) is 4. The summed E-state index contributed by atoms with van der Waals surface area (Å²) >= 11 is 0. The van der Waals surface area contributed by atoms with E-state index in [0.717, 1.165) is 0 Å². The molecule has 0 N–H and O–H groups in total. The lowest BCUT2D eigenvalue weighted by molar-refractivity contribution is 0.0392. The van der Waals surface area contributed by atoms with E-state index in [0.29, 0.717) is 10.6 Å².